The van der Waals surface area contributed by atoms with Gasteiger partial charge in [0, 0.05) is 44.0 Å². The first-order chi connectivity index (χ1) is 17.7. The molecule has 1 saturated heterocycles. The van der Waals surface area contributed by atoms with E-state index in [2.05, 4.69) is 36.0 Å². The van der Waals surface area contributed by atoms with E-state index in [4.69, 9.17) is 4.74 Å². The van der Waals surface area contributed by atoms with Gasteiger partial charge in [0.25, 0.3) is 11.7 Å². The number of hydrogen-bond donors (Lipinski definition) is 1. The number of H-pyrrole nitrogens is 1. The number of carbonyl (C=O) groups is 2. The number of methoxy groups -OCH3 is 1. The quantitative estimate of drug-likeness (QED) is 0.299. The number of piperazine rings is 1. The van der Waals surface area contributed by atoms with Gasteiger partial charge in [-0.25, -0.2) is 19.6 Å². The minimum atomic E-state index is -0.605. The highest BCUT2D eigenvalue weighted by atomic mass is 16.5. The summed E-state index contributed by atoms with van der Waals surface area (Å²) >= 11 is 0. The zero-order valence-corrected chi connectivity index (χ0v) is 19.5. The van der Waals surface area contributed by atoms with Crippen LogP contribution in [0.2, 0.25) is 0 Å². The Kier molecular flexibility index (Phi) is 5.29. The zero-order chi connectivity index (χ0) is 24.6. The molecule has 0 atom stereocenters. The molecule has 180 valence electrons. The fourth-order valence-electron chi connectivity index (χ4n) is 4.67. The molecule has 0 bridgehead atoms. The van der Waals surface area contributed by atoms with Crippen molar-refractivity contribution in [2.75, 3.05) is 38.2 Å². The Morgan fingerprint density at radius 2 is 1.86 bits per heavy atom. The van der Waals surface area contributed by atoms with Crippen molar-refractivity contribution >= 4 is 39.2 Å². The van der Waals surface area contributed by atoms with Crippen LogP contribution in [0.3, 0.4) is 0 Å². The maximum absolute atomic E-state index is 13.4. The maximum atomic E-state index is 13.4. The molecule has 1 amide bonds. The number of aromatic nitrogens is 6. The lowest BCUT2D eigenvalue weighted by molar-refractivity contribution is -0.126. The van der Waals surface area contributed by atoms with E-state index in [-0.39, 0.29) is 5.56 Å². The number of amides is 1. The van der Waals surface area contributed by atoms with E-state index in [0.717, 1.165) is 16.6 Å². The molecular weight excluding hydrogens is 460 g/mol. The van der Waals surface area contributed by atoms with Crippen LogP contribution in [0.25, 0.3) is 27.5 Å². The van der Waals surface area contributed by atoms with Crippen LogP contribution in [0.15, 0.2) is 61.6 Å². The smallest absolute Gasteiger partial charge is 0.295 e. The molecule has 1 aromatic carbocycles. The number of aromatic amines is 1. The predicted octanol–water partition coefficient (Wildman–Crippen LogP) is 2.23. The van der Waals surface area contributed by atoms with Gasteiger partial charge in [-0.15, -0.1) is 0 Å². The van der Waals surface area contributed by atoms with Crippen molar-refractivity contribution in [1.82, 2.24) is 34.6 Å². The molecule has 1 N–H and O–H groups in total. The summed E-state index contributed by atoms with van der Waals surface area (Å²) in [6.45, 7) is 2.00. The van der Waals surface area contributed by atoms with Crippen LogP contribution in [0.5, 0.6) is 5.75 Å². The molecule has 0 unspecified atom stereocenters. The third-order valence-corrected chi connectivity index (χ3v) is 6.47. The number of nitrogens with zero attached hydrogens (tertiary/aromatic N) is 7. The van der Waals surface area contributed by atoms with Gasteiger partial charge in [-0.05, 0) is 11.5 Å². The highest BCUT2D eigenvalue weighted by Gasteiger charge is 2.30. The van der Waals surface area contributed by atoms with Gasteiger partial charge in [-0.3, -0.25) is 9.59 Å². The maximum Gasteiger partial charge on any atom is 0.295 e. The molecule has 11 nitrogen and oxygen atoms in total. The summed E-state index contributed by atoms with van der Waals surface area (Å²) in [5.41, 5.74) is 0.761. The number of Topliss-reactive ketones (excluding diaryl/α,β-unsaturated/α-hetero) is 1. The number of nitrogens with one attached hydrogen (secondary N) is 1. The van der Waals surface area contributed by atoms with Gasteiger partial charge < -0.3 is 19.5 Å². The van der Waals surface area contributed by atoms with Crippen molar-refractivity contribution in [2.24, 2.45) is 0 Å². The van der Waals surface area contributed by atoms with Crippen LogP contribution in [0.4, 0.5) is 5.82 Å². The number of rotatable bonds is 5. The summed E-state index contributed by atoms with van der Waals surface area (Å²) in [6.07, 6.45) is 7.72. The first-order valence-corrected chi connectivity index (χ1v) is 11.5. The number of ether oxygens (including phenoxy) is 1. The Morgan fingerprint density at radius 3 is 2.64 bits per heavy atom. The SMILES string of the molecule is COc1cnc(-n2cncn2)c2[nH]cc(C(=O)C(=O)N3CCN(c4nccc5ccccc45)CC3)c12. The van der Waals surface area contributed by atoms with Crippen molar-refractivity contribution < 1.29 is 14.3 Å². The fourth-order valence-corrected chi connectivity index (χ4v) is 4.67. The Morgan fingerprint density at radius 1 is 1.03 bits per heavy atom. The van der Waals surface area contributed by atoms with E-state index >= 15 is 0 Å². The zero-order valence-electron chi connectivity index (χ0n) is 19.5. The molecule has 0 radical (unpaired) electrons. The van der Waals surface area contributed by atoms with Crippen molar-refractivity contribution in [3.8, 4) is 11.6 Å². The molecule has 1 aliphatic rings. The highest BCUT2D eigenvalue weighted by molar-refractivity contribution is 6.45. The van der Waals surface area contributed by atoms with E-state index in [9.17, 15) is 9.59 Å². The molecule has 5 heterocycles. The molecule has 0 aliphatic carbocycles. The predicted molar refractivity (Wildman–Crippen MR) is 132 cm³/mol. The van der Waals surface area contributed by atoms with Crippen molar-refractivity contribution in [1.29, 1.82) is 0 Å². The number of carbonyl (C=O) groups excluding carboxylic acids is 2. The van der Waals surface area contributed by atoms with Crippen molar-refractivity contribution in [3.05, 3.63) is 67.1 Å². The molecule has 5 aromatic rings. The Bertz CT molecular complexity index is 1580. The van der Waals surface area contributed by atoms with Crippen LogP contribution in [-0.2, 0) is 4.79 Å². The lowest BCUT2D eigenvalue weighted by atomic mass is 10.1. The molecule has 6 rings (SSSR count). The highest BCUT2D eigenvalue weighted by Crippen LogP contribution is 2.32. The molecular formula is C25H22N8O3. The number of anilines is 1. The van der Waals surface area contributed by atoms with Crippen LogP contribution in [0, 0.1) is 0 Å². The second-order valence-corrected chi connectivity index (χ2v) is 8.41. The summed E-state index contributed by atoms with van der Waals surface area (Å²) in [5, 5.41) is 6.78. The first kappa shape index (κ1) is 21.7. The van der Waals surface area contributed by atoms with Crippen LogP contribution in [0.1, 0.15) is 10.4 Å². The van der Waals surface area contributed by atoms with Gasteiger partial charge in [0.15, 0.2) is 5.82 Å². The van der Waals surface area contributed by atoms with Gasteiger partial charge >= 0.3 is 0 Å². The van der Waals surface area contributed by atoms with E-state index < -0.39 is 11.7 Å². The number of fused-ring (bicyclic) bond motifs is 2. The lowest BCUT2D eigenvalue weighted by Crippen LogP contribution is -2.50. The number of pyridine rings is 2. The van der Waals surface area contributed by atoms with E-state index in [1.807, 2.05) is 24.3 Å². The standard InChI is InChI=1S/C25H22N8O3/c1-36-19-13-29-24(33-15-26-14-30-33)21-20(19)18(12-28-21)22(34)25(35)32-10-8-31(9-11-32)23-17-5-3-2-4-16(17)6-7-27-23/h2-7,12-15,28H,8-11H2,1H3. The Labute approximate surface area is 205 Å². The van der Waals surface area contributed by atoms with E-state index in [0.29, 0.717) is 48.6 Å². The van der Waals surface area contributed by atoms with Gasteiger partial charge in [-0.2, -0.15) is 5.10 Å². The second kappa shape index (κ2) is 8.77. The molecule has 4 aromatic heterocycles. The number of hydrogen-bond acceptors (Lipinski definition) is 8. The van der Waals surface area contributed by atoms with E-state index in [1.54, 1.807) is 11.1 Å². The molecule has 0 saturated carbocycles. The van der Waals surface area contributed by atoms with Crippen molar-refractivity contribution in [3.63, 3.8) is 0 Å². The monoisotopic (exact) mass is 482 g/mol. The summed E-state index contributed by atoms with van der Waals surface area (Å²) in [7, 11) is 1.50. The average Bonchev–Trinajstić information content (AvgIpc) is 3.63. The van der Waals surface area contributed by atoms with Gasteiger partial charge in [0.2, 0.25) is 0 Å². The van der Waals surface area contributed by atoms with Gasteiger partial charge in [-0.1, -0.05) is 24.3 Å². The second-order valence-electron chi connectivity index (χ2n) is 8.41. The first-order valence-electron chi connectivity index (χ1n) is 11.5. The summed E-state index contributed by atoms with van der Waals surface area (Å²) in [5.74, 6) is 0.569. The topological polar surface area (TPSA) is 122 Å². The minimum absolute atomic E-state index is 0.230. The minimum Gasteiger partial charge on any atom is -0.494 e. The third kappa shape index (κ3) is 3.52. The number of benzene rings is 1. The lowest BCUT2D eigenvalue weighted by Gasteiger charge is -2.35. The molecule has 0 spiro atoms. The molecule has 1 fully saturated rings. The Hall–Kier alpha value is -4.80. The Balaban J connectivity index is 1.25. The van der Waals surface area contributed by atoms with Crippen LogP contribution >= 0.6 is 0 Å². The summed E-state index contributed by atoms with van der Waals surface area (Å²) < 4.78 is 6.93. The third-order valence-electron chi connectivity index (χ3n) is 6.47. The fraction of sp³-hybridized carbons (Fsp3) is 0.200. The summed E-state index contributed by atoms with van der Waals surface area (Å²) in [4.78, 5) is 46.3. The van der Waals surface area contributed by atoms with Crippen LogP contribution < -0.4 is 9.64 Å². The van der Waals surface area contributed by atoms with Gasteiger partial charge in [0.05, 0.1) is 29.8 Å². The largest absolute Gasteiger partial charge is 0.494 e. The van der Waals surface area contributed by atoms with Crippen molar-refractivity contribution in [2.45, 2.75) is 0 Å². The van der Waals surface area contributed by atoms with E-state index in [1.165, 1.54) is 36.8 Å². The average molecular weight is 483 g/mol. The number of ketones is 1. The molecule has 36 heavy (non-hydrogen) atoms. The summed E-state index contributed by atoms with van der Waals surface area (Å²) in [6, 6.07) is 10.1. The molecule has 1 aliphatic heterocycles. The van der Waals surface area contributed by atoms with Gasteiger partial charge in [0.1, 0.15) is 24.2 Å². The van der Waals surface area contributed by atoms with Crippen LogP contribution in [-0.4, -0.2) is 79.6 Å². The normalized spacial score (nSPS) is 13.9. The molecule has 11 heteroatoms.